The van der Waals surface area contributed by atoms with Crippen molar-refractivity contribution in [3.63, 3.8) is 0 Å². The van der Waals surface area contributed by atoms with Gasteiger partial charge in [0, 0.05) is 93.6 Å². The molecule has 0 radical (unpaired) electrons. The Kier molecular flexibility index (Phi) is 13.6. The van der Waals surface area contributed by atoms with Crippen LogP contribution in [0.1, 0.15) is 84.2 Å². The largest absolute Gasteiger partial charge is 0.507 e. The average molecular weight is 863 g/mol. The zero-order chi connectivity index (χ0) is 45.6. The topological polar surface area (TPSA) is 229 Å². The highest BCUT2D eigenvalue weighted by Crippen LogP contribution is 2.50. The van der Waals surface area contributed by atoms with Gasteiger partial charge in [0.25, 0.3) is 11.7 Å². The molecule has 1 fully saturated rings. The maximum absolute atomic E-state index is 14.7. The highest BCUT2D eigenvalue weighted by molar-refractivity contribution is 6.19. The lowest BCUT2D eigenvalue weighted by atomic mass is 9.78. The lowest BCUT2D eigenvalue weighted by Crippen LogP contribution is -2.48. The number of hydrogen-bond acceptors (Lipinski definition) is 15. The van der Waals surface area contributed by atoms with E-state index in [1.165, 1.54) is 39.4 Å². The lowest BCUT2D eigenvalue weighted by Gasteiger charge is -2.38. The number of aliphatic hydroxyl groups excluding tert-OH is 3. The number of phenols is 2. The molecule has 1 amide bonds. The third-order valence-electron chi connectivity index (χ3n) is 12.9. The predicted octanol–water partition coefficient (Wildman–Crippen LogP) is 3.72. The average Bonchev–Trinajstić information content (AvgIpc) is 3.72. The molecule has 9 atom stereocenters. The molecule has 4 heterocycles. The summed E-state index contributed by atoms with van der Waals surface area (Å²) in [4.78, 5) is 53.7. The first-order valence-electron chi connectivity index (χ1n) is 21.4. The van der Waals surface area contributed by atoms with E-state index in [1.807, 2.05) is 0 Å². The Bertz CT molecular complexity index is 2320. The molecule has 338 valence electrons. The second-order valence-corrected chi connectivity index (χ2v) is 17.9. The molecule has 1 spiro atoms. The van der Waals surface area contributed by atoms with Gasteiger partial charge in [-0.25, -0.2) is 0 Å². The van der Waals surface area contributed by atoms with Crippen molar-refractivity contribution in [3.05, 3.63) is 58.0 Å². The number of carbonyl (C=O) groups excluding carboxylic acids is 3. The number of piperidine rings is 1. The van der Waals surface area contributed by atoms with Gasteiger partial charge < -0.3 is 54.7 Å². The van der Waals surface area contributed by atoms with Gasteiger partial charge in [0.2, 0.25) is 0 Å². The number of esters is 1. The summed E-state index contributed by atoms with van der Waals surface area (Å²) in [6.07, 6.45) is 4.07. The van der Waals surface area contributed by atoms with E-state index in [9.17, 15) is 39.9 Å². The van der Waals surface area contributed by atoms with Crippen LogP contribution >= 0.6 is 0 Å². The molecule has 0 aromatic heterocycles. The molecule has 4 aliphatic heterocycles. The van der Waals surface area contributed by atoms with Crippen molar-refractivity contribution in [2.75, 3.05) is 38.7 Å². The number of rotatable bonds is 5. The van der Waals surface area contributed by atoms with Crippen molar-refractivity contribution in [2.24, 2.45) is 39.6 Å². The Labute approximate surface area is 361 Å². The summed E-state index contributed by atoms with van der Waals surface area (Å²) in [6.45, 7) is 16.8. The zero-order valence-electron chi connectivity index (χ0n) is 37.3. The Hall–Kier alpha value is -4.87. The van der Waals surface area contributed by atoms with Crippen LogP contribution in [-0.4, -0.2) is 117 Å². The molecule has 2 aromatic rings. The van der Waals surface area contributed by atoms with E-state index in [4.69, 9.17) is 28.9 Å². The number of Topliss-reactive ketones (excluding diaryl/α,β-unsaturated/α-hetero) is 1. The van der Waals surface area contributed by atoms with Gasteiger partial charge in [0.1, 0.15) is 28.6 Å². The van der Waals surface area contributed by atoms with E-state index in [1.54, 1.807) is 46.8 Å². The van der Waals surface area contributed by atoms with Gasteiger partial charge in [0.15, 0.2) is 11.4 Å². The Morgan fingerprint density at radius 3 is 2.27 bits per heavy atom. The molecule has 62 heavy (non-hydrogen) atoms. The highest BCUT2D eigenvalue weighted by Gasteiger charge is 2.50. The van der Waals surface area contributed by atoms with E-state index in [-0.39, 0.29) is 55.4 Å². The predicted molar refractivity (Wildman–Crippen MR) is 229 cm³/mol. The van der Waals surface area contributed by atoms with Crippen molar-refractivity contribution in [3.8, 4) is 17.2 Å². The first kappa shape index (κ1) is 46.6. The number of allylic oxidation sites excluding steroid dienone is 2. The quantitative estimate of drug-likeness (QED) is 0.186. The smallest absolute Gasteiger partial charge is 0.312 e. The van der Waals surface area contributed by atoms with Crippen LogP contribution in [-0.2, 0) is 23.8 Å². The number of fused-ring (bicyclic) bond motifs is 1. The van der Waals surface area contributed by atoms with Gasteiger partial charge in [-0.3, -0.25) is 24.4 Å². The number of nitrogens with one attached hydrogen (secondary N) is 1. The maximum Gasteiger partial charge on any atom is 0.312 e. The Morgan fingerprint density at radius 1 is 1.00 bits per heavy atom. The molecule has 4 aliphatic rings. The summed E-state index contributed by atoms with van der Waals surface area (Å²) in [5.74, 6) is -7.44. The van der Waals surface area contributed by atoms with Crippen molar-refractivity contribution >= 4 is 34.1 Å². The number of hydrogen-bond donors (Lipinski definition) is 6. The van der Waals surface area contributed by atoms with Gasteiger partial charge in [-0.05, 0) is 25.8 Å². The number of carbonyl (C=O) groups is 3. The third kappa shape index (κ3) is 8.59. The number of aromatic hydroxyl groups is 2. The Morgan fingerprint density at radius 2 is 1.66 bits per heavy atom. The first-order chi connectivity index (χ1) is 29.2. The SMILES string of the molecule is COC1/C=C\OC2(C)Oc3c(C)c(O)c4c(O)c(c5c(c4c3C2=O)=NC2(CCN(CC(C)C)CC2)N=5)NC(=O)/C(C)=C/C=C\C(C)C(O)C(CO)C(O)C(C)C(OC(C)=O)C1C. The van der Waals surface area contributed by atoms with E-state index < -0.39 is 89.6 Å². The summed E-state index contributed by atoms with van der Waals surface area (Å²) >= 11 is 0. The molecule has 6 rings (SSSR count). The number of aliphatic hydroxyl groups is 3. The third-order valence-corrected chi connectivity index (χ3v) is 12.9. The summed E-state index contributed by atoms with van der Waals surface area (Å²) in [5.41, 5.74) is -0.698. The van der Waals surface area contributed by atoms with Crippen LogP contribution in [0.15, 0.2) is 46.1 Å². The molecule has 0 aliphatic carbocycles. The lowest BCUT2D eigenvalue weighted by molar-refractivity contribution is -0.161. The van der Waals surface area contributed by atoms with E-state index in [0.29, 0.717) is 31.8 Å². The molecule has 16 nitrogen and oxygen atoms in total. The van der Waals surface area contributed by atoms with Crippen molar-refractivity contribution in [1.82, 2.24) is 4.90 Å². The minimum Gasteiger partial charge on any atom is -0.507 e. The van der Waals surface area contributed by atoms with Gasteiger partial charge >= 0.3 is 11.8 Å². The van der Waals surface area contributed by atoms with Gasteiger partial charge in [-0.1, -0.05) is 52.8 Å². The number of benzene rings is 2. The molecule has 1 saturated heterocycles. The molecule has 4 bridgehead atoms. The van der Waals surface area contributed by atoms with Crippen LogP contribution < -0.4 is 20.8 Å². The summed E-state index contributed by atoms with van der Waals surface area (Å²) in [6, 6.07) is 0. The van der Waals surface area contributed by atoms with Gasteiger partial charge in [-0.2, -0.15) is 0 Å². The maximum atomic E-state index is 14.7. The van der Waals surface area contributed by atoms with E-state index in [2.05, 4.69) is 24.1 Å². The van der Waals surface area contributed by atoms with Crippen LogP contribution in [0.2, 0.25) is 0 Å². The van der Waals surface area contributed by atoms with E-state index in [0.717, 1.165) is 6.54 Å². The second-order valence-electron chi connectivity index (χ2n) is 17.9. The zero-order valence-corrected chi connectivity index (χ0v) is 37.3. The van der Waals surface area contributed by atoms with Crippen molar-refractivity contribution in [1.29, 1.82) is 0 Å². The number of phenolic OH excluding ortho intramolecular Hbond substituents is 2. The summed E-state index contributed by atoms with van der Waals surface area (Å²) in [5, 5.41) is 60.6. The number of likely N-dealkylation sites (tertiary alicyclic amines) is 1. The molecule has 16 heteroatoms. The number of ether oxygens (including phenoxy) is 4. The fourth-order valence-corrected chi connectivity index (χ4v) is 9.24. The van der Waals surface area contributed by atoms with E-state index >= 15 is 0 Å². The first-order valence-corrected chi connectivity index (χ1v) is 21.4. The molecule has 2 aromatic carbocycles. The second kappa shape index (κ2) is 18.1. The molecule has 6 N–H and O–H groups in total. The molecular weight excluding hydrogens is 801 g/mol. The van der Waals surface area contributed by atoms with Crippen molar-refractivity contribution in [2.45, 2.75) is 111 Å². The fraction of sp³-hybridized carbons (Fsp3) is 0.587. The number of methoxy groups -OCH3 is 1. The molecule has 0 saturated carbocycles. The molecule has 9 unspecified atom stereocenters. The van der Waals surface area contributed by atoms with Crippen LogP contribution in [0, 0.1) is 36.5 Å². The number of amides is 1. The number of ketones is 1. The van der Waals surface area contributed by atoms with Crippen LogP contribution in [0.5, 0.6) is 17.2 Å². The minimum atomic E-state index is -1.99. The fourth-order valence-electron chi connectivity index (χ4n) is 9.24. The van der Waals surface area contributed by atoms with Crippen LogP contribution in [0.3, 0.4) is 0 Å². The monoisotopic (exact) mass is 862 g/mol. The van der Waals surface area contributed by atoms with Gasteiger partial charge in [0.05, 0.1) is 47.5 Å². The van der Waals surface area contributed by atoms with Gasteiger partial charge in [-0.15, -0.1) is 0 Å². The normalized spacial score (nSPS) is 32.3. The van der Waals surface area contributed by atoms with Crippen LogP contribution in [0.4, 0.5) is 5.69 Å². The minimum absolute atomic E-state index is 0.0173. The highest BCUT2D eigenvalue weighted by atomic mass is 16.7. The molecular formula is C46H62N4O12. The standard InChI is InChI=1S/C46H62N4O12/c1-22(2)20-50-17-15-46(16-18-50)48-34-31-32-39(55)27(7)42-33(31)43(57)45(9,62-42)60-19-14-30(59-10)25(5)41(61-28(8)52)26(6)38(54)29(21-51)37(53)23(3)12-11-13-24(4)44(58)47-36(40(32)56)35(34)49-46/h11-14,19,22-23,25-26,29-30,37-38,41,51,53-56H,15-18,20-21H2,1-10H3,(H,47,58)/b12-11-,19-14-,24-13+. The number of nitrogens with zero attached hydrogens (tertiary/aromatic N) is 3. The number of anilines is 1. The van der Waals surface area contributed by atoms with Crippen molar-refractivity contribution < 1.29 is 58.9 Å². The summed E-state index contributed by atoms with van der Waals surface area (Å²) < 4.78 is 23.9. The Balaban J connectivity index is 1.54. The van der Waals surface area contributed by atoms with Crippen LogP contribution in [0.25, 0.3) is 10.8 Å². The summed E-state index contributed by atoms with van der Waals surface area (Å²) in [7, 11) is 1.43.